The van der Waals surface area contributed by atoms with Crippen LogP contribution in [-0.2, 0) is 0 Å². The third kappa shape index (κ3) is 2.48. The summed E-state index contributed by atoms with van der Waals surface area (Å²) in [5, 5.41) is 3.74. The molecule has 1 N–H and O–H groups in total. The Balaban J connectivity index is 2.28. The smallest absolute Gasteiger partial charge is 0.0173 e. The van der Waals surface area contributed by atoms with Gasteiger partial charge in [-0.15, -0.1) is 0 Å². The highest BCUT2D eigenvalue weighted by molar-refractivity contribution is 4.87. The predicted molar refractivity (Wildman–Crippen MR) is 54.3 cm³/mol. The second kappa shape index (κ2) is 4.27. The molecule has 0 heterocycles. The van der Waals surface area contributed by atoms with Gasteiger partial charge in [0.25, 0.3) is 0 Å². The van der Waals surface area contributed by atoms with Crippen LogP contribution in [0.1, 0.15) is 52.9 Å². The lowest BCUT2D eigenvalue weighted by Crippen LogP contribution is -2.44. The van der Waals surface area contributed by atoms with Crippen molar-refractivity contribution in [1.29, 1.82) is 0 Å². The van der Waals surface area contributed by atoms with E-state index in [9.17, 15) is 0 Å². The molecule has 0 unspecified atom stereocenters. The molecule has 1 fully saturated rings. The first kappa shape index (κ1) is 10.0. The van der Waals surface area contributed by atoms with E-state index < -0.39 is 0 Å². The molecule has 0 saturated heterocycles. The van der Waals surface area contributed by atoms with Crippen LogP contribution in [0.5, 0.6) is 0 Å². The van der Waals surface area contributed by atoms with Gasteiger partial charge in [-0.2, -0.15) is 0 Å². The molecule has 0 aromatic heterocycles. The van der Waals surface area contributed by atoms with Crippen LogP contribution in [0.4, 0.5) is 0 Å². The molecular formula is C11H23N. The van der Waals surface area contributed by atoms with E-state index in [0.29, 0.717) is 5.54 Å². The van der Waals surface area contributed by atoms with Crippen LogP contribution in [0.25, 0.3) is 0 Å². The van der Waals surface area contributed by atoms with Crippen molar-refractivity contribution in [2.45, 2.75) is 58.4 Å². The minimum Gasteiger partial charge on any atom is -0.311 e. The minimum atomic E-state index is 0.447. The highest BCUT2D eigenvalue weighted by Gasteiger charge is 2.27. The van der Waals surface area contributed by atoms with Gasteiger partial charge < -0.3 is 5.32 Å². The maximum Gasteiger partial charge on any atom is 0.0173 e. The monoisotopic (exact) mass is 169 g/mol. The molecule has 0 aromatic rings. The molecule has 0 bridgehead atoms. The number of hydrogen-bond acceptors (Lipinski definition) is 1. The third-order valence-electron chi connectivity index (χ3n) is 3.49. The molecule has 0 radical (unpaired) electrons. The second-order valence-corrected chi connectivity index (χ2v) is 4.17. The van der Waals surface area contributed by atoms with E-state index in [1.807, 2.05) is 0 Å². The summed E-state index contributed by atoms with van der Waals surface area (Å²) < 4.78 is 0. The Morgan fingerprint density at radius 3 is 1.92 bits per heavy atom. The van der Waals surface area contributed by atoms with Crippen LogP contribution in [0.2, 0.25) is 0 Å². The van der Waals surface area contributed by atoms with E-state index in [2.05, 4.69) is 26.1 Å². The van der Waals surface area contributed by atoms with Crippen molar-refractivity contribution in [3.8, 4) is 0 Å². The van der Waals surface area contributed by atoms with E-state index in [0.717, 1.165) is 5.92 Å². The standard InChI is InChI=1S/C11H23N/c1-4-11(5-2,6-3)12-9-10-7-8-10/h10,12H,4-9H2,1-3H3. The van der Waals surface area contributed by atoms with Gasteiger partial charge in [0.1, 0.15) is 0 Å². The first-order valence-corrected chi connectivity index (χ1v) is 5.51. The van der Waals surface area contributed by atoms with Crippen molar-refractivity contribution in [3.05, 3.63) is 0 Å². The summed E-state index contributed by atoms with van der Waals surface area (Å²) in [6.45, 7) is 8.15. The fourth-order valence-electron chi connectivity index (χ4n) is 1.81. The molecule has 0 spiro atoms. The number of nitrogens with one attached hydrogen (secondary N) is 1. The molecule has 1 nitrogen and oxygen atoms in total. The van der Waals surface area contributed by atoms with Crippen LogP contribution >= 0.6 is 0 Å². The molecule has 1 rings (SSSR count). The summed E-state index contributed by atoms with van der Waals surface area (Å²) in [7, 11) is 0. The largest absolute Gasteiger partial charge is 0.311 e. The topological polar surface area (TPSA) is 12.0 Å². The van der Waals surface area contributed by atoms with Crippen LogP contribution in [0.3, 0.4) is 0 Å². The van der Waals surface area contributed by atoms with Crippen LogP contribution in [-0.4, -0.2) is 12.1 Å². The molecule has 0 aliphatic heterocycles. The van der Waals surface area contributed by atoms with Crippen LogP contribution in [0, 0.1) is 5.92 Å². The molecule has 1 aliphatic carbocycles. The van der Waals surface area contributed by atoms with Gasteiger partial charge in [0, 0.05) is 5.54 Å². The van der Waals surface area contributed by atoms with Crippen molar-refractivity contribution < 1.29 is 0 Å². The van der Waals surface area contributed by atoms with E-state index >= 15 is 0 Å². The van der Waals surface area contributed by atoms with Gasteiger partial charge >= 0.3 is 0 Å². The summed E-state index contributed by atoms with van der Waals surface area (Å²) >= 11 is 0. The third-order valence-corrected chi connectivity index (χ3v) is 3.49. The Hall–Kier alpha value is -0.0400. The Morgan fingerprint density at radius 1 is 1.08 bits per heavy atom. The molecule has 1 heteroatoms. The number of rotatable bonds is 6. The van der Waals surface area contributed by atoms with Crippen molar-refractivity contribution >= 4 is 0 Å². The number of hydrogen-bond donors (Lipinski definition) is 1. The lowest BCUT2D eigenvalue weighted by Gasteiger charge is -2.32. The maximum atomic E-state index is 3.74. The molecule has 0 amide bonds. The molecule has 1 saturated carbocycles. The van der Waals surface area contributed by atoms with Crippen LogP contribution in [0.15, 0.2) is 0 Å². The molecule has 12 heavy (non-hydrogen) atoms. The van der Waals surface area contributed by atoms with Gasteiger partial charge in [-0.05, 0) is 44.6 Å². The lowest BCUT2D eigenvalue weighted by molar-refractivity contribution is 0.286. The first-order chi connectivity index (χ1) is 5.76. The average molecular weight is 169 g/mol. The van der Waals surface area contributed by atoms with E-state index in [4.69, 9.17) is 0 Å². The summed E-state index contributed by atoms with van der Waals surface area (Å²) in [6, 6.07) is 0. The zero-order valence-corrected chi connectivity index (χ0v) is 8.82. The zero-order valence-electron chi connectivity index (χ0n) is 8.82. The fraction of sp³-hybridized carbons (Fsp3) is 1.00. The molecule has 0 atom stereocenters. The predicted octanol–water partition coefficient (Wildman–Crippen LogP) is 2.95. The quantitative estimate of drug-likeness (QED) is 0.644. The molecular weight excluding hydrogens is 146 g/mol. The van der Waals surface area contributed by atoms with Crippen molar-refractivity contribution in [2.24, 2.45) is 5.92 Å². The Labute approximate surface area is 76.9 Å². The normalized spacial score (nSPS) is 18.2. The van der Waals surface area contributed by atoms with Gasteiger partial charge in [-0.25, -0.2) is 0 Å². The Morgan fingerprint density at radius 2 is 1.58 bits per heavy atom. The zero-order chi connectivity index (χ0) is 9.03. The van der Waals surface area contributed by atoms with E-state index in [1.54, 1.807) is 0 Å². The van der Waals surface area contributed by atoms with E-state index in [1.165, 1.54) is 38.6 Å². The summed E-state index contributed by atoms with van der Waals surface area (Å²) in [6.07, 6.45) is 6.73. The van der Waals surface area contributed by atoms with Gasteiger partial charge in [0.15, 0.2) is 0 Å². The highest BCUT2D eigenvalue weighted by Crippen LogP contribution is 2.29. The Kier molecular flexibility index (Phi) is 3.57. The van der Waals surface area contributed by atoms with Gasteiger partial charge in [0.2, 0.25) is 0 Å². The summed E-state index contributed by atoms with van der Waals surface area (Å²) in [4.78, 5) is 0. The van der Waals surface area contributed by atoms with E-state index in [-0.39, 0.29) is 0 Å². The maximum absolute atomic E-state index is 3.74. The summed E-state index contributed by atoms with van der Waals surface area (Å²) in [5.74, 6) is 1.01. The molecule has 0 aromatic carbocycles. The van der Waals surface area contributed by atoms with Gasteiger partial charge in [-0.3, -0.25) is 0 Å². The minimum absolute atomic E-state index is 0.447. The SMILES string of the molecule is CCC(CC)(CC)NCC1CC1. The van der Waals surface area contributed by atoms with Gasteiger partial charge in [0.05, 0.1) is 0 Å². The van der Waals surface area contributed by atoms with Crippen molar-refractivity contribution in [1.82, 2.24) is 5.32 Å². The average Bonchev–Trinajstić information content (AvgIpc) is 2.92. The second-order valence-electron chi connectivity index (χ2n) is 4.17. The Bertz CT molecular complexity index is 115. The van der Waals surface area contributed by atoms with Crippen LogP contribution < -0.4 is 5.32 Å². The van der Waals surface area contributed by atoms with Gasteiger partial charge in [-0.1, -0.05) is 20.8 Å². The molecule has 72 valence electrons. The summed E-state index contributed by atoms with van der Waals surface area (Å²) in [5.41, 5.74) is 0.447. The highest BCUT2D eigenvalue weighted by atomic mass is 15.0. The lowest BCUT2D eigenvalue weighted by atomic mass is 9.90. The fourth-order valence-corrected chi connectivity index (χ4v) is 1.81. The first-order valence-electron chi connectivity index (χ1n) is 5.51. The van der Waals surface area contributed by atoms with Crippen molar-refractivity contribution in [2.75, 3.05) is 6.54 Å². The molecule has 1 aliphatic rings. The van der Waals surface area contributed by atoms with Crippen molar-refractivity contribution in [3.63, 3.8) is 0 Å².